The minimum atomic E-state index is -0.411. The van der Waals surface area contributed by atoms with Crippen molar-refractivity contribution < 1.29 is 9.53 Å². The van der Waals surface area contributed by atoms with Gasteiger partial charge >= 0.3 is 5.97 Å². The quantitative estimate of drug-likeness (QED) is 0.421. The number of aromatic nitrogens is 2. The van der Waals surface area contributed by atoms with Crippen LogP contribution in [0.15, 0.2) is 90.1 Å². The molecule has 5 nitrogen and oxygen atoms in total. The summed E-state index contributed by atoms with van der Waals surface area (Å²) < 4.78 is 7.75. The third kappa shape index (κ3) is 3.57. The number of hydrogen-bond donors (Lipinski definition) is 1. The van der Waals surface area contributed by atoms with Crippen LogP contribution in [0.25, 0.3) is 11.0 Å². The van der Waals surface area contributed by atoms with E-state index in [-0.39, 0.29) is 12.6 Å². The van der Waals surface area contributed by atoms with Gasteiger partial charge in [0.25, 0.3) is 0 Å². The Bertz CT molecular complexity index is 1310. The number of para-hydroxylation sites is 2. The Morgan fingerprint density at radius 3 is 2.65 bits per heavy atom. The van der Waals surface area contributed by atoms with Crippen LogP contribution >= 0.6 is 11.6 Å². The van der Waals surface area contributed by atoms with Crippen LogP contribution in [0.1, 0.15) is 24.1 Å². The molecule has 1 atom stereocenters. The average molecular weight is 430 g/mol. The number of imidazole rings is 1. The number of esters is 1. The van der Waals surface area contributed by atoms with Gasteiger partial charge in [-0.2, -0.15) is 0 Å². The van der Waals surface area contributed by atoms with Crippen molar-refractivity contribution in [3.8, 4) is 0 Å². The summed E-state index contributed by atoms with van der Waals surface area (Å²) in [6.45, 7) is 2.08. The van der Waals surface area contributed by atoms with Crippen LogP contribution in [0.5, 0.6) is 0 Å². The Balaban J connectivity index is 1.61. The first-order valence-corrected chi connectivity index (χ1v) is 10.4. The van der Waals surface area contributed by atoms with Gasteiger partial charge in [-0.25, -0.2) is 9.78 Å². The molecule has 1 aliphatic heterocycles. The Labute approximate surface area is 184 Å². The van der Waals surface area contributed by atoms with Gasteiger partial charge in [-0.3, -0.25) is 4.57 Å². The third-order valence-corrected chi connectivity index (χ3v) is 5.66. The molecule has 4 aromatic rings. The number of allylic oxidation sites excluding steroid dienone is 1. The number of carbonyl (C=O) groups is 1. The van der Waals surface area contributed by atoms with Crippen molar-refractivity contribution in [2.45, 2.75) is 19.6 Å². The highest BCUT2D eigenvalue weighted by molar-refractivity contribution is 6.30. The maximum Gasteiger partial charge on any atom is 0.338 e. The largest absolute Gasteiger partial charge is 0.457 e. The zero-order valence-electron chi connectivity index (χ0n) is 16.9. The SMILES string of the molecule is CC1=C(C(=O)OCc2ccccc2)C(c2cccc(Cl)c2)n2c(nc3ccccc32)N1. The number of anilines is 1. The summed E-state index contributed by atoms with van der Waals surface area (Å²) in [5.74, 6) is 0.311. The molecule has 154 valence electrons. The second-order valence-electron chi connectivity index (χ2n) is 7.48. The lowest BCUT2D eigenvalue weighted by Crippen LogP contribution is -2.29. The van der Waals surface area contributed by atoms with E-state index in [0.717, 1.165) is 22.2 Å². The number of benzene rings is 3. The Kier molecular flexibility index (Phi) is 4.96. The monoisotopic (exact) mass is 429 g/mol. The number of nitrogens with one attached hydrogen (secondary N) is 1. The highest BCUT2D eigenvalue weighted by Crippen LogP contribution is 2.40. The van der Waals surface area contributed by atoms with Gasteiger partial charge in [0.1, 0.15) is 6.61 Å². The van der Waals surface area contributed by atoms with Gasteiger partial charge in [0.2, 0.25) is 5.95 Å². The lowest BCUT2D eigenvalue weighted by molar-refractivity contribution is -0.140. The van der Waals surface area contributed by atoms with Crippen LogP contribution in [-0.4, -0.2) is 15.5 Å². The fraction of sp³-hybridized carbons (Fsp3) is 0.120. The molecule has 0 saturated carbocycles. The molecule has 1 unspecified atom stereocenters. The first kappa shape index (κ1) is 19.4. The molecule has 0 bridgehead atoms. The lowest BCUT2D eigenvalue weighted by Gasteiger charge is -2.30. The maximum absolute atomic E-state index is 13.3. The van der Waals surface area contributed by atoms with E-state index in [1.807, 2.05) is 90.4 Å². The highest BCUT2D eigenvalue weighted by Gasteiger charge is 2.35. The third-order valence-electron chi connectivity index (χ3n) is 5.43. The lowest BCUT2D eigenvalue weighted by atomic mass is 9.95. The summed E-state index contributed by atoms with van der Waals surface area (Å²) in [7, 11) is 0. The van der Waals surface area contributed by atoms with E-state index in [2.05, 4.69) is 5.32 Å². The topological polar surface area (TPSA) is 56.2 Å². The molecule has 2 heterocycles. The molecule has 1 aliphatic rings. The molecule has 0 saturated heterocycles. The van der Waals surface area contributed by atoms with Crippen LogP contribution in [0.2, 0.25) is 5.02 Å². The van der Waals surface area contributed by atoms with Crippen LogP contribution in [0.3, 0.4) is 0 Å². The van der Waals surface area contributed by atoms with Gasteiger partial charge < -0.3 is 10.1 Å². The number of ether oxygens (including phenoxy) is 1. The summed E-state index contributed by atoms with van der Waals surface area (Å²) in [6, 6.07) is 24.7. The predicted molar refractivity (Wildman–Crippen MR) is 122 cm³/mol. The van der Waals surface area contributed by atoms with Crippen molar-refractivity contribution in [2.24, 2.45) is 0 Å². The number of halogens is 1. The summed E-state index contributed by atoms with van der Waals surface area (Å²) in [4.78, 5) is 18.1. The van der Waals surface area contributed by atoms with E-state index in [1.54, 1.807) is 0 Å². The van der Waals surface area contributed by atoms with Crippen molar-refractivity contribution in [1.29, 1.82) is 0 Å². The number of rotatable bonds is 4. The smallest absolute Gasteiger partial charge is 0.338 e. The predicted octanol–water partition coefficient (Wildman–Crippen LogP) is 5.72. The van der Waals surface area contributed by atoms with E-state index in [4.69, 9.17) is 21.3 Å². The zero-order chi connectivity index (χ0) is 21.4. The molecular formula is C25H20ClN3O2. The van der Waals surface area contributed by atoms with E-state index < -0.39 is 6.04 Å². The molecule has 3 aromatic carbocycles. The number of carbonyl (C=O) groups excluding carboxylic acids is 1. The van der Waals surface area contributed by atoms with Crippen molar-refractivity contribution >= 4 is 34.6 Å². The Hall–Kier alpha value is -3.57. The number of fused-ring (bicyclic) bond motifs is 3. The van der Waals surface area contributed by atoms with E-state index in [0.29, 0.717) is 22.2 Å². The van der Waals surface area contributed by atoms with E-state index in [9.17, 15) is 4.79 Å². The summed E-state index contributed by atoms with van der Waals surface area (Å²) >= 11 is 6.32. The standard InChI is InChI=1S/C25H20ClN3O2/c1-16-22(24(30)31-15-17-8-3-2-4-9-17)23(18-10-7-11-19(26)14-18)29-21-13-6-5-12-20(21)28-25(29)27-16/h2-14,23H,15H2,1H3,(H,27,28). The van der Waals surface area contributed by atoms with Gasteiger partial charge in [-0.15, -0.1) is 0 Å². The number of nitrogens with zero attached hydrogens (tertiary/aromatic N) is 2. The maximum atomic E-state index is 13.3. The van der Waals surface area contributed by atoms with Gasteiger partial charge in [0.15, 0.2) is 0 Å². The second kappa shape index (κ2) is 7.93. The molecule has 6 heteroatoms. The summed E-state index contributed by atoms with van der Waals surface area (Å²) in [5, 5.41) is 3.90. The van der Waals surface area contributed by atoms with Gasteiger partial charge in [-0.1, -0.05) is 66.2 Å². The first-order chi connectivity index (χ1) is 15.1. The highest BCUT2D eigenvalue weighted by atomic mass is 35.5. The summed E-state index contributed by atoms with van der Waals surface area (Å²) in [6.07, 6.45) is 0. The molecule has 0 fully saturated rings. The Morgan fingerprint density at radius 2 is 1.84 bits per heavy atom. The molecule has 0 spiro atoms. The minimum absolute atomic E-state index is 0.205. The zero-order valence-corrected chi connectivity index (χ0v) is 17.6. The molecule has 5 rings (SSSR count). The van der Waals surface area contributed by atoms with Crippen LogP contribution < -0.4 is 5.32 Å². The minimum Gasteiger partial charge on any atom is -0.457 e. The molecule has 31 heavy (non-hydrogen) atoms. The molecular weight excluding hydrogens is 410 g/mol. The molecule has 1 N–H and O–H groups in total. The summed E-state index contributed by atoms with van der Waals surface area (Å²) in [5.41, 5.74) is 4.86. The fourth-order valence-corrected chi connectivity index (χ4v) is 4.22. The van der Waals surface area contributed by atoms with Crippen molar-refractivity contribution in [3.63, 3.8) is 0 Å². The van der Waals surface area contributed by atoms with Gasteiger partial charge in [0, 0.05) is 10.7 Å². The molecule has 0 amide bonds. The Morgan fingerprint density at radius 1 is 1.06 bits per heavy atom. The van der Waals surface area contributed by atoms with E-state index in [1.165, 1.54) is 0 Å². The normalized spacial score (nSPS) is 15.5. The van der Waals surface area contributed by atoms with Crippen molar-refractivity contribution in [2.75, 3.05) is 5.32 Å². The van der Waals surface area contributed by atoms with Crippen LogP contribution in [0, 0.1) is 0 Å². The van der Waals surface area contributed by atoms with Crippen molar-refractivity contribution in [1.82, 2.24) is 9.55 Å². The fourth-order valence-electron chi connectivity index (χ4n) is 4.02. The average Bonchev–Trinajstić information content (AvgIpc) is 3.15. The van der Waals surface area contributed by atoms with Gasteiger partial charge in [0.05, 0.1) is 22.6 Å². The molecule has 1 aromatic heterocycles. The first-order valence-electron chi connectivity index (χ1n) is 10.0. The van der Waals surface area contributed by atoms with E-state index >= 15 is 0 Å². The molecule has 0 radical (unpaired) electrons. The van der Waals surface area contributed by atoms with Gasteiger partial charge in [-0.05, 0) is 42.3 Å². The van der Waals surface area contributed by atoms with Crippen LogP contribution in [-0.2, 0) is 16.1 Å². The van der Waals surface area contributed by atoms with Crippen molar-refractivity contribution in [3.05, 3.63) is 106 Å². The molecule has 0 aliphatic carbocycles. The van der Waals surface area contributed by atoms with Crippen LogP contribution in [0.4, 0.5) is 5.95 Å². The second-order valence-corrected chi connectivity index (χ2v) is 7.91. The number of hydrogen-bond acceptors (Lipinski definition) is 4.